The van der Waals surface area contributed by atoms with Gasteiger partial charge in [-0.05, 0) is 31.2 Å². The first-order valence-electron chi connectivity index (χ1n) is 9.72. The molecule has 0 aliphatic rings. The molecule has 0 N–H and O–H groups in total. The third-order valence-corrected chi connectivity index (χ3v) is 6.98. The van der Waals surface area contributed by atoms with E-state index in [1.165, 1.54) is 11.4 Å². The zero-order valence-electron chi connectivity index (χ0n) is 17.0. The molecule has 0 unspecified atom stereocenters. The van der Waals surface area contributed by atoms with E-state index < -0.39 is 10.0 Å². The monoisotopic (exact) mass is 429 g/mol. The number of benzene rings is 3. The van der Waals surface area contributed by atoms with Gasteiger partial charge in [0.1, 0.15) is 0 Å². The Morgan fingerprint density at radius 2 is 1.52 bits per heavy atom. The molecule has 5 rings (SSSR count). The van der Waals surface area contributed by atoms with Gasteiger partial charge in [-0.2, -0.15) is 0 Å². The van der Waals surface area contributed by atoms with Crippen molar-refractivity contribution in [1.82, 2.24) is 19.6 Å². The van der Waals surface area contributed by atoms with E-state index in [2.05, 4.69) is 15.2 Å². The maximum atomic E-state index is 13.3. The van der Waals surface area contributed by atoms with Crippen LogP contribution in [0.3, 0.4) is 0 Å². The number of hydrogen-bond acceptors (Lipinski definition) is 5. The standard InChI is InChI=1S/C23H19N5O2S/c1-16-12-14-18(15-13-16)31(29,30)27(2)22-23-26-25-21(17-8-4-3-5-9-17)28(23)20-11-7-6-10-19(20)24-22/h3-15H,1-2H3. The number of nitrogens with zero attached hydrogens (tertiary/aromatic N) is 5. The second-order valence-corrected chi connectivity index (χ2v) is 9.23. The second-order valence-electron chi connectivity index (χ2n) is 7.26. The van der Waals surface area contributed by atoms with Gasteiger partial charge in [0.2, 0.25) is 5.65 Å². The largest absolute Gasteiger partial charge is 0.270 e. The Kier molecular flexibility index (Phi) is 4.44. The van der Waals surface area contributed by atoms with E-state index in [-0.39, 0.29) is 10.7 Å². The maximum absolute atomic E-state index is 13.3. The summed E-state index contributed by atoms with van der Waals surface area (Å²) in [6.07, 6.45) is 0. The molecule has 0 aliphatic carbocycles. The first-order chi connectivity index (χ1) is 15.0. The number of para-hydroxylation sites is 2. The van der Waals surface area contributed by atoms with Gasteiger partial charge in [0.15, 0.2) is 11.6 Å². The molecular formula is C23H19N5O2S. The van der Waals surface area contributed by atoms with Gasteiger partial charge < -0.3 is 0 Å². The summed E-state index contributed by atoms with van der Waals surface area (Å²) in [7, 11) is -2.35. The van der Waals surface area contributed by atoms with Crippen molar-refractivity contribution in [2.24, 2.45) is 0 Å². The van der Waals surface area contributed by atoms with Gasteiger partial charge >= 0.3 is 0 Å². The van der Waals surface area contributed by atoms with E-state index >= 15 is 0 Å². The molecule has 3 aromatic carbocycles. The summed E-state index contributed by atoms with van der Waals surface area (Å²) in [5.41, 5.74) is 3.68. The van der Waals surface area contributed by atoms with Crippen LogP contribution in [0, 0.1) is 6.92 Å². The molecule has 0 radical (unpaired) electrons. The van der Waals surface area contributed by atoms with E-state index in [9.17, 15) is 8.42 Å². The number of aromatic nitrogens is 4. The number of aryl methyl sites for hydroxylation is 1. The van der Waals surface area contributed by atoms with Crippen LogP contribution in [0.1, 0.15) is 5.56 Å². The van der Waals surface area contributed by atoms with Crippen LogP contribution >= 0.6 is 0 Å². The third-order valence-electron chi connectivity index (χ3n) is 5.22. The van der Waals surface area contributed by atoms with Crippen LogP contribution < -0.4 is 4.31 Å². The van der Waals surface area contributed by atoms with Crippen molar-refractivity contribution in [1.29, 1.82) is 0 Å². The molecule has 0 amide bonds. The Labute approximate surface area is 179 Å². The zero-order valence-corrected chi connectivity index (χ0v) is 17.8. The summed E-state index contributed by atoms with van der Waals surface area (Å²) in [4.78, 5) is 4.83. The Balaban J connectivity index is 1.78. The highest BCUT2D eigenvalue weighted by Gasteiger charge is 2.27. The molecule has 2 aromatic heterocycles. The molecule has 154 valence electrons. The van der Waals surface area contributed by atoms with Crippen LogP contribution in [0.4, 0.5) is 5.82 Å². The van der Waals surface area contributed by atoms with Gasteiger partial charge in [-0.3, -0.25) is 4.40 Å². The van der Waals surface area contributed by atoms with E-state index in [4.69, 9.17) is 0 Å². The molecule has 2 heterocycles. The van der Waals surface area contributed by atoms with Gasteiger partial charge in [0, 0.05) is 12.6 Å². The van der Waals surface area contributed by atoms with Crippen molar-refractivity contribution in [3.05, 3.63) is 84.4 Å². The number of anilines is 1. The lowest BCUT2D eigenvalue weighted by Crippen LogP contribution is -2.28. The molecule has 0 saturated carbocycles. The smallest absolute Gasteiger partial charge is 0.265 e. The SMILES string of the molecule is Cc1ccc(S(=O)(=O)N(C)c2nc3ccccc3n3c(-c4ccccc4)nnc23)cc1. The Hall–Kier alpha value is -3.78. The minimum Gasteiger partial charge on any atom is -0.270 e. The van der Waals surface area contributed by atoms with Crippen LogP contribution in [-0.2, 0) is 10.0 Å². The fourth-order valence-corrected chi connectivity index (χ4v) is 4.68. The van der Waals surface area contributed by atoms with Gasteiger partial charge in [-0.25, -0.2) is 17.7 Å². The van der Waals surface area contributed by atoms with Gasteiger partial charge in [0.05, 0.1) is 15.9 Å². The van der Waals surface area contributed by atoms with Crippen molar-refractivity contribution < 1.29 is 8.42 Å². The lowest BCUT2D eigenvalue weighted by atomic mass is 10.2. The van der Waals surface area contributed by atoms with Crippen LogP contribution in [-0.4, -0.2) is 35.0 Å². The fourth-order valence-electron chi connectivity index (χ4n) is 3.54. The Bertz CT molecular complexity index is 1510. The Morgan fingerprint density at radius 1 is 0.839 bits per heavy atom. The summed E-state index contributed by atoms with van der Waals surface area (Å²) >= 11 is 0. The molecule has 0 atom stereocenters. The van der Waals surface area contributed by atoms with Crippen LogP contribution in [0.2, 0.25) is 0 Å². The minimum atomic E-state index is -3.83. The van der Waals surface area contributed by atoms with Crippen molar-refractivity contribution >= 4 is 32.5 Å². The van der Waals surface area contributed by atoms with Crippen molar-refractivity contribution in [3.8, 4) is 11.4 Å². The van der Waals surface area contributed by atoms with Gasteiger partial charge in [-0.1, -0.05) is 60.2 Å². The number of sulfonamides is 1. The lowest BCUT2D eigenvalue weighted by Gasteiger charge is -2.20. The molecular weight excluding hydrogens is 410 g/mol. The zero-order chi connectivity index (χ0) is 21.6. The summed E-state index contributed by atoms with van der Waals surface area (Å²) in [6.45, 7) is 1.91. The summed E-state index contributed by atoms with van der Waals surface area (Å²) in [6, 6.07) is 23.9. The molecule has 0 aliphatic heterocycles. The summed E-state index contributed by atoms with van der Waals surface area (Å²) in [5, 5.41) is 8.71. The minimum absolute atomic E-state index is 0.191. The number of hydrogen-bond donors (Lipinski definition) is 0. The highest BCUT2D eigenvalue weighted by atomic mass is 32.2. The van der Waals surface area contributed by atoms with E-state index in [0.717, 1.165) is 16.6 Å². The highest BCUT2D eigenvalue weighted by Crippen LogP contribution is 2.30. The number of rotatable bonds is 4. The molecule has 31 heavy (non-hydrogen) atoms. The first kappa shape index (κ1) is 19.2. The van der Waals surface area contributed by atoms with Crippen molar-refractivity contribution in [2.45, 2.75) is 11.8 Å². The fraction of sp³-hybridized carbons (Fsp3) is 0.0870. The predicted molar refractivity (Wildman–Crippen MR) is 120 cm³/mol. The second kappa shape index (κ2) is 7.17. The average molecular weight is 430 g/mol. The van der Waals surface area contributed by atoms with E-state index in [1.54, 1.807) is 24.3 Å². The molecule has 0 saturated heterocycles. The van der Waals surface area contributed by atoms with E-state index in [1.807, 2.05) is 65.9 Å². The van der Waals surface area contributed by atoms with Crippen molar-refractivity contribution in [3.63, 3.8) is 0 Å². The highest BCUT2D eigenvalue weighted by molar-refractivity contribution is 7.92. The molecule has 0 fully saturated rings. The number of fused-ring (bicyclic) bond motifs is 3. The third kappa shape index (κ3) is 3.12. The van der Waals surface area contributed by atoms with Crippen molar-refractivity contribution in [2.75, 3.05) is 11.4 Å². The molecule has 0 bridgehead atoms. The average Bonchev–Trinajstić information content (AvgIpc) is 3.24. The topological polar surface area (TPSA) is 80.5 Å². The van der Waals surface area contributed by atoms with Crippen LogP contribution in [0.5, 0.6) is 0 Å². The molecule has 8 heteroatoms. The van der Waals surface area contributed by atoms with Crippen LogP contribution in [0.15, 0.2) is 83.8 Å². The Morgan fingerprint density at radius 3 is 2.26 bits per heavy atom. The van der Waals surface area contributed by atoms with Crippen LogP contribution in [0.25, 0.3) is 28.1 Å². The van der Waals surface area contributed by atoms with Gasteiger partial charge in [-0.15, -0.1) is 10.2 Å². The predicted octanol–water partition coefficient (Wildman–Crippen LogP) is 4.08. The quantitative estimate of drug-likeness (QED) is 0.430. The normalized spacial score (nSPS) is 11.8. The molecule has 5 aromatic rings. The lowest BCUT2D eigenvalue weighted by molar-refractivity contribution is 0.594. The summed E-state index contributed by atoms with van der Waals surface area (Å²) < 4.78 is 29.7. The maximum Gasteiger partial charge on any atom is 0.265 e. The summed E-state index contributed by atoms with van der Waals surface area (Å²) in [5.74, 6) is 0.838. The molecule has 7 nitrogen and oxygen atoms in total. The van der Waals surface area contributed by atoms with Gasteiger partial charge in [0.25, 0.3) is 10.0 Å². The first-order valence-corrected chi connectivity index (χ1v) is 11.2. The van der Waals surface area contributed by atoms with E-state index in [0.29, 0.717) is 17.0 Å². The molecule has 0 spiro atoms.